The fourth-order valence-corrected chi connectivity index (χ4v) is 6.25. The Morgan fingerprint density at radius 2 is 2.00 bits per heavy atom. The van der Waals surface area contributed by atoms with E-state index in [1.54, 1.807) is 36.9 Å². The average Bonchev–Trinajstić information content (AvgIpc) is 3.69. The molecular weight excluding hydrogens is 572 g/mol. The number of likely N-dealkylation sites (tertiary alicyclic amines) is 1. The molecule has 1 fully saturated rings. The number of carbonyl (C=O) groups excluding carboxylic acids is 2. The van der Waals surface area contributed by atoms with Crippen LogP contribution in [0.25, 0.3) is 0 Å². The van der Waals surface area contributed by atoms with Gasteiger partial charge in [0.15, 0.2) is 0 Å². The lowest BCUT2D eigenvalue weighted by molar-refractivity contribution is -0.119. The molecule has 0 aliphatic carbocycles. The second kappa shape index (κ2) is 15.0. The Morgan fingerprint density at radius 1 is 1.23 bits per heavy atom. The number of ether oxygens (including phenoxy) is 1. The second-order valence-electron chi connectivity index (χ2n) is 10.3. The number of furan rings is 1. The number of nitrogens with zero attached hydrogens (tertiary/aromatic N) is 4. The third-order valence-corrected chi connectivity index (χ3v) is 8.87. The van der Waals surface area contributed by atoms with Crippen LogP contribution in [0.4, 0.5) is 0 Å². The largest absolute Gasteiger partial charge is 0.467 e. The van der Waals surface area contributed by atoms with Gasteiger partial charge >= 0.3 is 0 Å². The van der Waals surface area contributed by atoms with E-state index < -0.39 is 5.91 Å². The summed E-state index contributed by atoms with van der Waals surface area (Å²) in [5.74, 6) is -0.119. The van der Waals surface area contributed by atoms with E-state index in [1.807, 2.05) is 0 Å². The number of azo groups is 1. The Kier molecular flexibility index (Phi) is 11.2. The van der Waals surface area contributed by atoms with E-state index in [0.29, 0.717) is 42.4 Å². The predicted molar refractivity (Wildman–Crippen MR) is 161 cm³/mol. The Labute approximate surface area is 254 Å². The number of hydrogen-bond donors (Lipinski definition) is 6. The van der Waals surface area contributed by atoms with E-state index >= 15 is 0 Å². The molecule has 4 heterocycles. The number of fused-ring (bicyclic) bond motifs is 2. The van der Waals surface area contributed by atoms with Crippen LogP contribution in [-0.2, 0) is 28.1 Å². The number of aryl methyl sites for hydroxylation is 1. The topological polar surface area (TPSA) is 209 Å². The van der Waals surface area contributed by atoms with Gasteiger partial charge in [0.1, 0.15) is 18.1 Å². The highest BCUT2D eigenvalue weighted by Crippen LogP contribution is 2.48. The van der Waals surface area contributed by atoms with Crippen LogP contribution in [0.2, 0.25) is 0 Å². The van der Waals surface area contributed by atoms with Gasteiger partial charge in [-0.05, 0) is 31.4 Å². The molecule has 1 unspecified atom stereocenters. The number of amides is 2. The summed E-state index contributed by atoms with van der Waals surface area (Å²) in [6, 6.07) is 3.61. The summed E-state index contributed by atoms with van der Waals surface area (Å²) < 4.78 is 11.9. The Hall–Kier alpha value is -3.92. The quantitative estimate of drug-likeness (QED) is 0.174. The van der Waals surface area contributed by atoms with E-state index in [2.05, 4.69) is 49.2 Å². The summed E-state index contributed by atoms with van der Waals surface area (Å²) in [5, 5.41) is 21.3. The lowest BCUT2D eigenvalue weighted by atomic mass is 9.81. The number of rotatable bonds is 14. The van der Waals surface area contributed by atoms with Crippen LogP contribution in [0.5, 0.6) is 0 Å². The normalized spacial score (nSPS) is 18.9. The highest BCUT2D eigenvalue weighted by atomic mass is 32.1. The first-order chi connectivity index (χ1) is 20.8. The molecule has 2 amide bonds. The van der Waals surface area contributed by atoms with Gasteiger partial charge in [-0.1, -0.05) is 6.92 Å². The van der Waals surface area contributed by atoms with Crippen molar-refractivity contribution in [1.82, 2.24) is 20.9 Å². The number of nitrogens with two attached hydrogens (primary N) is 2. The molecular formula is C28H40N10O4S. The zero-order chi connectivity index (χ0) is 30.8. The average molecular weight is 613 g/mol. The molecule has 1 saturated heterocycles. The number of primary amides is 1. The van der Waals surface area contributed by atoms with Crippen molar-refractivity contribution in [1.29, 1.82) is 5.53 Å². The molecule has 232 valence electrons. The standard InChI is InChI=1S/C28H40N10O4S/c1-3-22-9-23-26(43-22)24(37-36-19(10-29)11-33-13-21-8-18(16-41-21)27(30)40)17-42-28(23)4-6-38(7-5-28)15-20(35-31)12-34-14-25(39)32-2/h8-9,11-12,16,24,31,33-34H,3-7,10,13-15,17,29H2,1-2H3,(H2,30,40)(H,32,39)/b19-11-,20-12-,35-31?,37-36+. The maximum atomic E-state index is 11.4. The molecule has 14 nitrogen and oxygen atoms in total. The molecule has 2 aliphatic rings. The fourth-order valence-electron chi connectivity index (χ4n) is 5.04. The number of thiophene rings is 1. The highest BCUT2D eigenvalue weighted by Gasteiger charge is 2.44. The minimum Gasteiger partial charge on any atom is -0.467 e. The van der Waals surface area contributed by atoms with Crippen LogP contribution in [0.3, 0.4) is 0 Å². The van der Waals surface area contributed by atoms with E-state index in [-0.39, 0.29) is 30.6 Å². The van der Waals surface area contributed by atoms with Crippen LogP contribution < -0.4 is 27.4 Å². The molecule has 0 bridgehead atoms. The maximum absolute atomic E-state index is 11.4. The molecule has 4 rings (SSSR count). The maximum Gasteiger partial charge on any atom is 0.251 e. The highest BCUT2D eigenvalue weighted by molar-refractivity contribution is 7.12. The second-order valence-corrected chi connectivity index (χ2v) is 11.5. The van der Waals surface area contributed by atoms with Crippen molar-refractivity contribution in [2.45, 2.75) is 44.4 Å². The van der Waals surface area contributed by atoms with Crippen molar-refractivity contribution in [3.05, 3.63) is 68.8 Å². The Bertz CT molecular complexity index is 1370. The van der Waals surface area contributed by atoms with E-state index in [1.165, 1.54) is 21.6 Å². The minimum absolute atomic E-state index is 0.134. The predicted octanol–water partition coefficient (Wildman–Crippen LogP) is 2.61. The SMILES string of the molecule is CCc1cc2c(s1)C(/N=N/C(=C\NCc1cc(C(N)=O)co1)CN)COC21CCN(C/C(=C/NCC(=O)NC)N=N)CC1. The van der Waals surface area contributed by atoms with Crippen molar-refractivity contribution in [3.63, 3.8) is 0 Å². The van der Waals surface area contributed by atoms with Crippen LogP contribution in [0, 0.1) is 5.53 Å². The summed E-state index contributed by atoms with van der Waals surface area (Å²) in [5.41, 5.74) is 21.0. The summed E-state index contributed by atoms with van der Waals surface area (Å²) in [7, 11) is 1.58. The molecule has 2 aromatic heterocycles. The van der Waals surface area contributed by atoms with Crippen molar-refractivity contribution < 1.29 is 18.7 Å². The van der Waals surface area contributed by atoms with Gasteiger partial charge in [0.05, 0.1) is 42.3 Å². The molecule has 1 atom stereocenters. The molecule has 0 radical (unpaired) electrons. The number of carbonyl (C=O) groups is 2. The molecule has 43 heavy (non-hydrogen) atoms. The lowest BCUT2D eigenvalue weighted by Gasteiger charge is -2.45. The Balaban J connectivity index is 1.39. The summed E-state index contributed by atoms with van der Waals surface area (Å²) in [4.78, 5) is 27.4. The van der Waals surface area contributed by atoms with E-state index in [9.17, 15) is 9.59 Å². The van der Waals surface area contributed by atoms with E-state index in [0.717, 1.165) is 32.4 Å². The third-order valence-electron chi connectivity index (χ3n) is 7.49. The number of likely N-dealkylation sites (N-methyl/N-ethyl adjacent to an activating group) is 1. The molecule has 8 N–H and O–H groups in total. The Morgan fingerprint density at radius 3 is 2.65 bits per heavy atom. The molecule has 1 spiro atoms. The van der Waals surface area contributed by atoms with Gasteiger partial charge in [0.25, 0.3) is 5.91 Å². The van der Waals surface area contributed by atoms with Gasteiger partial charge < -0.3 is 36.6 Å². The van der Waals surface area contributed by atoms with Crippen molar-refractivity contribution in [2.75, 3.05) is 46.4 Å². The van der Waals surface area contributed by atoms with Gasteiger partial charge in [-0.2, -0.15) is 15.3 Å². The van der Waals surface area contributed by atoms with Gasteiger partial charge in [0, 0.05) is 60.9 Å². The van der Waals surface area contributed by atoms with Crippen LogP contribution >= 0.6 is 11.3 Å². The first kappa shape index (κ1) is 32.0. The fraction of sp³-hybridized carbons (Fsp3) is 0.500. The molecule has 0 aromatic carbocycles. The zero-order valence-electron chi connectivity index (χ0n) is 24.5. The van der Waals surface area contributed by atoms with Crippen LogP contribution in [0.1, 0.15) is 57.2 Å². The smallest absolute Gasteiger partial charge is 0.251 e. The number of nitrogens with one attached hydrogen (secondary N) is 4. The minimum atomic E-state index is -0.543. The third kappa shape index (κ3) is 8.13. The summed E-state index contributed by atoms with van der Waals surface area (Å²) in [6.07, 6.45) is 7.18. The van der Waals surface area contributed by atoms with Crippen molar-refractivity contribution in [3.8, 4) is 0 Å². The van der Waals surface area contributed by atoms with Gasteiger partial charge in [-0.3, -0.25) is 14.5 Å². The number of piperidine rings is 1. The van der Waals surface area contributed by atoms with Gasteiger partial charge in [0.2, 0.25) is 5.91 Å². The zero-order valence-corrected chi connectivity index (χ0v) is 25.3. The van der Waals surface area contributed by atoms with E-state index in [4.69, 9.17) is 26.2 Å². The van der Waals surface area contributed by atoms with Crippen molar-refractivity contribution >= 4 is 23.2 Å². The number of hydrogen-bond acceptors (Lipinski definition) is 13. The summed E-state index contributed by atoms with van der Waals surface area (Å²) in [6.45, 7) is 5.32. The molecule has 2 aliphatic heterocycles. The first-order valence-corrected chi connectivity index (χ1v) is 15.0. The van der Waals surface area contributed by atoms with Gasteiger partial charge in [-0.25, -0.2) is 5.53 Å². The molecule has 15 heteroatoms. The van der Waals surface area contributed by atoms with Gasteiger partial charge in [-0.15, -0.1) is 11.3 Å². The first-order valence-electron chi connectivity index (χ1n) is 14.2. The summed E-state index contributed by atoms with van der Waals surface area (Å²) >= 11 is 1.76. The van der Waals surface area contributed by atoms with Crippen LogP contribution in [0.15, 0.2) is 61.9 Å². The molecule has 0 saturated carbocycles. The monoisotopic (exact) mass is 612 g/mol. The molecule has 2 aromatic rings. The van der Waals surface area contributed by atoms with Crippen LogP contribution in [-0.4, -0.2) is 63.1 Å². The lowest BCUT2D eigenvalue weighted by Crippen LogP contribution is -2.47. The van der Waals surface area contributed by atoms with Crippen molar-refractivity contribution in [2.24, 2.45) is 26.8 Å².